The molecule has 0 spiro atoms. The monoisotopic (exact) mass is 578 g/mol. The van der Waals surface area contributed by atoms with Gasteiger partial charge in [0.25, 0.3) is 0 Å². The maximum atomic E-state index is 6.59. The van der Waals surface area contributed by atoms with Crippen molar-refractivity contribution in [3.63, 3.8) is 0 Å². The maximum Gasteiger partial charge on any atom is 0.161 e. The zero-order valence-electron chi connectivity index (χ0n) is 19.2. The van der Waals surface area contributed by atoms with E-state index < -0.39 is 8.07 Å². The molecule has 0 saturated heterocycles. The Morgan fingerprint density at radius 3 is 2.40 bits per heavy atom. The minimum absolute atomic E-state index is 0.957. The highest BCUT2D eigenvalue weighted by molar-refractivity contribution is 14.1. The van der Waals surface area contributed by atoms with Gasteiger partial charge < -0.3 is 8.82 Å². The smallest absolute Gasteiger partial charge is 0.161 e. The molecule has 0 aliphatic carbocycles. The van der Waals surface area contributed by atoms with E-state index in [1.54, 1.807) is 0 Å². The molecule has 0 fully saturated rings. The number of fused-ring (bicyclic) bond motifs is 10. The van der Waals surface area contributed by atoms with E-state index in [0.717, 1.165) is 11.2 Å². The number of rotatable bonds is 0. The van der Waals surface area contributed by atoms with Gasteiger partial charge in [0.2, 0.25) is 0 Å². The Hall–Kier alpha value is -3.29. The summed E-state index contributed by atoms with van der Waals surface area (Å²) in [6.45, 7) is 5.03. The predicted molar refractivity (Wildman–Crippen MR) is 158 cm³/mol. The number of aromatic nitrogens is 2. The molecule has 8 aromatic rings. The quantitative estimate of drug-likeness (QED) is 0.135. The van der Waals surface area contributed by atoms with Gasteiger partial charge >= 0.3 is 0 Å². The van der Waals surface area contributed by atoms with Gasteiger partial charge in [0.15, 0.2) is 5.58 Å². The first-order chi connectivity index (χ1) is 17.1. The van der Waals surface area contributed by atoms with Crippen LogP contribution in [0.4, 0.5) is 0 Å². The van der Waals surface area contributed by atoms with E-state index in [9.17, 15) is 0 Å². The lowest BCUT2D eigenvalue weighted by molar-refractivity contribution is 0.673. The molecular weight excluding hydrogens is 559 g/mol. The number of hydrogen-bond acceptors (Lipinski definition) is 1. The summed E-state index contributed by atoms with van der Waals surface area (Å²) in [5.41, 5.74) is 9.82. The Balaban J connectivity index is 1.76. The SMILES string of the molecule is C[Si]1(C)c2ccccc2-c2c1n1c3c4ccccc4oc3c3ccc4c(c5c2cccc5n4I)c31. The van der Waals surface area contributed by atoms with E-state index in [1.165, 1.54) is 70.6 Å². The second-order valence-electron chi connectivity index (χ2n) is 10.3. The number of para-hydroxylation sites is 1. The highest BCUT2D eigenvalue weighted by Crippen LogP contribution is 2.47. The van der Waals surface area contributed by atoms with Crippen molar-refractivity contribution in [2.75, 3.05) is 0 Å². The van der Waals surface area contributed by atoms with Crippen molar-refractivity contribution in [3.05, 3.63) is 78.9 Å². The van der Waals surface area contributed by atoms with Gasteiger partial charge in [-0.1, -0.05) is 61.6 Å². The van der Waals surface area contributed by atoms with Crippen molar-refractivity contribution in [1.29, 1.82) is 0 Å². The van der Waals surface area contributed by atoms with Gasteiger partial charge in [0, 0.05) is 32.4 Å². The summed E-state index contributed by atoms with van der Waals surface area (Å²) in [5.74, 6) is 0. The van der Waals surface area contributed by atoms with Crippen molar-refractivity contribution in [1.82, 2.24) is 7.18 Å². The fraction of sp³-hybridized carbons (Fsp3) is 0.0667. The Bertz CT molecular complexity index is 2210. The van der Waals surface area contributed by atoms with Crippen LogP contribution in [0.2, 0.25) is 13.1 Å². The molecular formula is C30H19IN2OSi. The highest BCUT2D eigenvalue weighted by Gasteiger charge is 2.42. The van der Waals surface area contributed by atoms with Crippen LogP contribution in [0.25, 0.3) is 71.3 Å². The fourth-order valence-corrected chi connectivity index (χ4v) is 11.1. The number of hydrogen-bond donors (Lipinski definition) is 0. The summed E-state index contributed by atoms with van der Waals surface area (Å²) in [6.07, 6.45) is 0. The van der Waals surface area contributed by atoms with Crippen molar-refractivity contribution >= 4 is 102 Å². The van der Waals surface area contributed by atoms with Gasteiger partial charge in [0.05, 0.1) is 39.4 Å². The predicted octanol–water partition coefficient (Wildman–Crippen LogP) is 7.54. The van der Waals surface area contributed by atoms with E-state index >= 15 is 0 Å². The third-order valence-corrected chi connectivity index (χ3v) is 12.8. The van der Waals surface area contributed by atoms with Crippen LogP contribution in [-0.2, 0) is 0 Å². The molecule has 3 nitrogen and oxygen atoms in total. The Kier molecular flexibility index (Phi) is 3.20. The van der Waals surface area contributed by atoms with Gasteiger partial charge in [-0.2, -0.15) is 0 Å². The topological polar surface area (TPSA) is 22.5 Å². The Morgan fingerprint density at radius 1 is 0.714 bits per heavy atom. The standard InChI is InChI=1S/C30H19IN2OSi/c1-35(2)23-13-6-4-9-17(23)24-18-10-7-11-20-25(18)26-21(33(20)31)15-14-19-27(26)32(30(24)35)28-16-8-3-5-12-22(16)34-29(19)28/h3-15H,1-2H3. The summed E-state index contributed by atoms with van der Waals surface area (Å²) >= 11 is 2.47. The fourth-order valence-electron chi connectivity index (χ4n) is 6.96. The van der Waals surface area contributed by atoms with Gasteiger partial charge in [0.1, 0.15) is 19.2 Å². The molecule has 0 N–H and O–H groups in total. The normalized spacial score (nSPS) is 14.9. The zero-order valence-corrected chi connectivity index (χ0v) is 22.3. The Labute approximate surface area is 215 Å². The van der Waals surface area contributed by atoms with E-state index in [0.29, 0.717) is 0 Å². The molecule has 9 rings (SSSR count). The average Bonchev–Trinajstić information content (AvgIpc) is 3.52. The molecule has 4 aromatic carbocycles. The molecule has 5 heterocycles. The van der Waals surface area contributed by atoms with Crippen LogP contribution in [0.3, 0.4) is 0 Å². The number of furan rings is 1. The second kappa shape index (κ2) is 5.91. The Morgan fingerprint density at radius 2 is 1.49 bits per heavy atom. The molecule has 5 heteroatoms. The average molecular weight is 578 g/mol. The van der Waals surface area contributed by atoms with E-state index in [-0.39, 0.29) is 0 Å². The van der Waals surface area contributed by atoms with E-state index in [4.69, 9.17) is 4.42 Å². The molecule has 0 unspecified atom stereocenters. The van der Waals surface area contributed by atoms with Crippen LogP contribution >= 0.6 is 22.9 Å². The first kappa shape index (κ1) is 19.0. The van der Waals surface area contributed by atoms with Crippen LogP contribution in [-0.4, -0.2) is 15.3 Å². The highest BCUT2D eigenvalue weighted by atomic mass is 127. The molecule has 166 valence electrons. The summed E-state index contributed by atoms with van der Waals surface area (Å²) in [4.78, 5) is 0. The van der Waals surface area contributed by atoms with Gasteiger partial charge in [-0.15, -0.1) is 0 Å². The molecule has 35 heavy (non-hydrogen) atoms. The lowest BCUT2D eigenvalue weighted by Gasteiger charge is -2.20. The third kappa shape index (κ3) is 1.96. The largest absolute Gasteiger partial charge is 0.454 e. The van der Waals surface area contributed by atoms with E-state index in [1.807, 2.05) is 0 Å². The third-order valence-electron chi connectivity index (χ3n) is 8.32. The molecule has 0 saturated carbocycles. The number of nitrogens with zero attached hydrogens (tertiary/aromatic N) is 2. The molecule has 0 radical (unpaired) electrons. The summed E-state index contributed by atoms with van der Waals surface area (Å²) < 4.78 is 11.5. The van der Waals surface area contributed by atoms with Gasteiger partial charge in [-0.05, 0) is 46.5 Å². The van der Waals surface area contributed by atoms with Gasteiger partial charge in [-0.25, -0.2) is 0 Å². The molecule has 4 aromatic heterocycles. The van der Waals surface area contributed by atoms with Crippen molar-refractivity contribution in [2.45, 2.75) is 13.1 Å². The molecule has 0 atom stereocenters. The van der Waals surface area contributed by atoms with Crippen LogP contribution in [0.1, 0.15) is 0 Å². The first-order valence-electron chi connectivity index (χ1n) is 12.0. The summed E-state index contributed by atoms with van der Waals surface area (Å²) in [5, 5.41) is 9.47. The lowest BCUT2D eigenvalue weighted by atomic mass is 10.00. The van der Waals surface area contributed by atoms with E-state index in [2.05, 4.69) is 122 Å². The lowest BCUT2D eigenvalue weighted by Crippen LogP contribution is -2.51. The minimum atomic E-state index is -2.04. The van der Waals surface area contributed by atoms with Crippen molar-refractivity contribution in [2.24, 2.45) is 0 Å². The summed E-state index contributed by atoms with van der Waals surface area (Å²) in [7, 11) is -2.04. The van der Waals surface area contributed by atoms with Crippen LogP contribution in [0.5, 0.6) is 0 Å². The molecule has 0 amide bonds. The van der Waals surface area contributed by atoms with Crippen LogP contribution < -0.4 is 10.5 Å². The molecule has 1 aliphatic heterocycles. The maximum absolute atomic E-state index is 6.59. The first-order valence-corrected chi connectivity index (χ1v) is 16.0. The molecule has 0 bridgehead atoms. The number of benzene rings is 4. The zero-order chi connectivity index (χ0) is 23.2. The van der Waals surface area contributed by atoms with Crippen molar-refractivity contribution < 1.29 is 4.42 Å². The van der Waals surface area contributed by atoms with Gasteiger partial charge in [-0.3, -0.25) is 2.78 Å². The van der Waals surface area contributed by atoms with Crippen LogP contribution in [0.15, 0.2) is 83.3 Å². The molecule has 1 aliphatic rings. The van der Waals surface area contributed by atoms with Crippen molar-refractivity contribution in [3.8, 4) is 11.1 Å². The number of halogens is 1. The van der Waals surface area contributed by atoms with Crippen LogP contribution in [0, 0.1) is 0 Å². The minimum Gasteiger partial charge on any atom is -0.454 e. The second-order valence-corrected chi connectivity index (χ2v) is 15.6. The summed E-state index contributed by atoms with van der Waals surface area (Å²) in [6, 6.07) is 29.0.